The van der Waals surface area contributed by atoms with Crippen molar-refractivity contribution in [1.29, 1.82) is 0 Å². The highest BCUT2D eigenvalue weighted by atomic mass is 35.5. The van der Waals surface area contributed by atoms with Crippen LogP contribution in [-0.4, -0.2) is 14.8 Å². The molecule has 78 valence electrons. The molecular weight excluding hydrogens is 212 g/mol. The molecule has 0 aliphatic heterocycles. The van der Waals surface area contributed by atoms with E-state index in [4.69, 9.17) is 11.6 Å². The zero-order valence-corrected chi connectivity index (χ0v) is 9.07. The van der Waals surface area contributed by atoms with Gasteiger partial charge in [-0.25, -0.2) is 4.98 Å². The van der Waals surface area contributed by atoms with Gasteiger partial charge in [0.2, 0.25) is 0 Å². The summed E-state index contributed by atoms with van der Waals surface area (Å²) in [7, 11) is 1.91. The van der Waals surface area contributed by atoms with Crippen molar-refractivity contribution in [2.45, 2.75) is 6.54 Å². The van der Waals surface area contributed by atoms with Gasteiger partial charge >= 0.3 is 0 Å². The Morgan fingerprint density at radius 2 is 2.27 bits per heavy atom. The first-order valence-corrected chi connectivity index (χ1v) is 4.97. The Labute approximate surface area is 92.9 Å². The second kappa shape index (κ2) is 4.31. The third-order valence-corrected chi connectivity index (χ3v) is 2.30. The summed E-state index contributed by atoms with van der Waals surface area (Å²) in [5.41, 5.74) is 1.09. The molecule has 2 rings (SSSR count). The Hall–Kier alpha value is -1.55. The van der Waals surface area contributed by atoms with Gasteiger partial charge in [-0.2, -0.15) is 5.10 Å². The van der Waals surface area contributed by atoms with Gasteiger partial charge in [-0.3, -0.25) is 4.68 Å². The molecule has 0 atom stereocenters. The molecule has 2 heterocycles. The average Bonchev–Trinajstić information content (AvgIpc) is 2.61. The molecule has 0 aliphatic rings. The fraction of sp³-hybridized carbons (Fsp3) is 0.200. The van der Waals surface area contributed by atoms with Crippen LogP contribution in [0.2, 0.25) is 5.15 Å². The van der Waals surface area contributed by atoms with E-state index in [-0.39, 0.29) is 0 Å². The van der Waals surface area contributed by atoms with Gasteiger partial charge in [0, 0.05) is 13.2 Å². The lowest BCUT2D eigenvalue weighted by atomic mass is 10.4. The highest BCUT2D eigenvalue weighted by Crippen LogP contribution is 2.10. The molecule has 4 nitrogen and oxygen atoms in total. The second-order valence-corrected chi connectivity index (χ2v) is 3.53. The van der Waals surface area contributed by atoms with Crippen molar-refractivity contribution in [3.63, 3.8) is 0 Å². The molecule has 1 N–H and O–H groups in total. The van der Waals surface area contributed by atoms with Crippen molar-refractivity contribution < 1.29 is 0 Å². The molecule has 0 radical (unpaired) electrons. The van der Waals surface area contributed by atoms with Gasteiger partial charge in [-0.15, -0.1) is 0 Å². The second-order valence-electron chi connectivity index (χ2n) is 3.15. The third-order valence-electron chi connectivity index (χ3n) is 2.09. The van der Waals surface area contributed by atoms with Gasteiger partial charge in [-0.1, -0.05) is 17.7 Å². The van der Waals surface area contributed by atoms with Crippen LogP contribution in [0.15, 0.2) is 30.5 Å². The summed E-state index contributed by atoms with van der Waals surface area (Å²) < 4.78 is 1.82. The molecule has 15 heavy (non-hydrogen) atoms. The zero-order valence-electron chi connectivity index (χ0n) is 8.31. The lowest BCUT2D eigenvalue weighted by Gasteiger charge is -2.05. The summed E-state index contributed by atoms with van der Waals surface area (Å²) in [4.78, 5) is 4.13. The van der Waals surface area contributed by atoms with E-state index in [9.17, 15) is 0 Å². The van der Waals surface area contributed by atoms with E-state index in [2.05, 4.69) is 15.4 Å². The number of rotatable bonds is 3. The van der Waals surface area contributed by atoms with Crippen molar-refractivity contribution in [2.75, 3.05) is 5.32 Å². The first-order valence-electron chi connectivity index (χ1n) is 4.59. The lowest BCUT2D eigenvalue weighted by molar-refractivity contribution is 0.720. The number of hydrogen-bond donors (Lipinski definition) is 1. The van der Waals surface area contributed by atoms with Gasteiger partial charge in [0.25, 0.3) is 0 Å². The maximum atomic E-state index is 5.77. The summed E-state index contributed by atoms with van der Waals surface area (Å²) in [6.45, 7) is 0.684. The van der Waals surface area contributed by atoms with Crippen molar-refractivity contribution in [2.24, 2.45) is 7.05 Å². The first-order chi connectivity index (χ1) is 7.25. The fourth-order valence-electron chi connectivity index (χ4n) is 1.26. The largest absolute Gasteiger partial charge is 0.364 e. The molecule has 0 bridgehead atoms. The van der Waals surface area contributed by atoms with E-state index in [1.54, 1.807) is 12.3 Å². The molecule has 0 aromatic carbocycles. The molecule has 0 spiro atoms. The molecule has 0 amide bonds. The van der Waals surface area contributed by atoms with E-state index in [0.29, 0.717) is 11.7 Å². The van der Waals surface area contributed by atoms with E-state index in [1.807, 2.05) is 29.9 Å². The quantitative estimate of drug-likeness (QED) is 0.809. The maximum absolute atomic E-state index is 5.77. The Balaban J connectivity index is 2.02. The van der Waals surface area contributed by atoms with Crippen LogP contribution in [0.25, 0.3) is 0 Å². The van der Waals surface area contributed by atoms with Crippen LogP contribution in [0.3, 0.4) is 0 Å². The number of nitrogens with zero attached hydrogens (tertiary/aromatic N) is 3. The Bertz CT molecular complexity index is 452. The standard InChI is InChI=1S/C10H11ClN4/c1-15-8(5-6-13-15)7-12-10-4-2-3-9(11)14-10/h2-6H,7H2,1H3,(H,12,14). The minimum atomic E-state index is 0.491. The monoisotopic (exact) mass is 222 g/mol. The van der Waals surface area contributed by atoms with Crippen molar-refractivity contribution in [3.05, 3.63) is 41.3 Å². The molecule has 2 aromatic rings. The first kappa shape index (κ1) is 9.98. The highest BCUT2D eigenvalue weighted by molar-refractivity contribution is 6.29. The van der Waals surface area contributed by atoms with Crippen molar-refractivity contribution in [3.8, 4) is 0 Å². The molecule has 0 fully saturated rings. The molecule has 0 aliphatic carbocycles. The normalized spacial score (nSPS) is 10.3. The van der Waals surface area contributed by atoms with E-state index < -0.39 is 0 Å². The van der Waals surface area contributed by atoms with Crippen LogP contribution in [0.4, 0.5) is 5.82 Å². The summed E-state index contributed by atoms with van der Waals surface area (Å²) in [5, 5.41) is 7.74. The van der Waals surface area contributed by atoms with E-state index in [0.717, 1.165) is 11.5 Å². The SMILES string of the molecule is Cn1nccc1CNc1cccc(Cl)n1. The lowest BCUT2D eigenvalue weighted by Crippen LogP contribution is -2.06. The van der Waals surface area contributed by atoms with Crippen LogP contribution in [0.1, 0.15) is 5.69 Å². The summed E-state index contributed by atoms with van der Waals surface area (Å²) >= 11 is 5.77. The topological polar surface area (TPSA) is 42.7 Å². The van der Waals surface area contributed by atoms with Crippen molar-refractivity contribution >= 4 is 17.4 Å². The van der Waals surface area contributed by atoms with Crippen LogP contribution in [-0.2, 0) is 13.6 Å². The average molecular weight is 223 g/mol. The Morgan fingerprint density at radius 3 is 2.93 bits per heavy atom. The van der Waals surface area contributed by atoms with Crippen LogP contribution in [0, 0.1) is 0 Å². The van der Waals surface area contributed by atoms with Gasteiger partial charge in [-0.05, 0) is 18.2 Å². The smallest absolute Gasteiger partial charge is 0.131 e. The Morgan fingerprint density at radius 1 is 1.40 bits per heavy atom. The van der Waals surface area contributed by atoms with Crippen LogP contribution >= 0.6 is 11.6 Å². The van der Waals surface area contributed by atoms with Gasteiger partial charge in [0.15, 0.2) is 0 Å². The highest BCUT2D eigenvalue weighted by Gasteiger charge is 1.99. The minimum absolute atomic E-state index is 0.491. The molecule has 0 unspecified atom stereocenters. The summed E-state index contributed by atoms with van der Waals surface area (Å²) in [5.74, 6) is 0.767. The maximum Gasteiger partial charge on any atom is 0.131 e. The molecule has 5 heteroatoms. The zero-order chi connectivity index (χ0) is 10.7. The number of halogens is 1. The third kappa shape index (κ3) is 2.47. The van der Waals surface area contributed by atoms with Gasteiger partial charge < -0.3 is 5.32 Å². The Kier molecular flexibility index (Phi) is 2.87. The molecule has 0 saturated heterocycles. The molecule has 0 saturated carbocycles. The molecule has 2 aromatic heterocycles. The van der Waals surface area contributed by atoms with Gasteiger partial charge in [0.1, 0.15) is 11.0 Å². The van der Waals surface area contributed by atoms with E-state index >= 15 is 0 Å². The fourth-order valence-corrected chi connectivity index (χ4v) is 1.43. The van der Waals surface area contributed by atoms with E-state index in [1.165, 1.54) is 0 Å². The van der Waals surface area contributed by atoms with Crippen molar-refractivity contribution in [1.82, 2.24) is 14.8 Å². The predicted octanol–water partition coefficient (Wildman–Crippen LogP) is 2.08. The predicted molar refractivity (Wildman–Crippen MR) is 59.8 cm³/mol. The number of pyridine rings is 1. The summed E-state index contributed by atoms with van der Waals surface area (Å²) in [6, 6.07) is 7.44. The number of aromatic nitrogens is 3. The van der Waals surface area contributed by atoms with Crippen LogP contribution < -0.4 is 5.32 Å². The minimum Gasteiger partial charge on any atom is -0.364 e. The number of aryl methyl sites for hydroxylation is 1. The number of anilines is 1. The van der Waals surface area contributed by atoms with Gasteiger partial charge in [0.05, 0.1) is 12.2 Å². The molecular formula is C10H11ClN4. The number of hydrogen-bond acceptors (Lipinski definition) is 3. The van der Waals surface area contributed by atoms with Crippen LogP contribution in [0.5, 0.6) is 0 Å². The summed E-state index contributed by atoms with van der Waals surface area (Å²) in [6.07, 6.45) is 1.77. The number of nitrogens with one attached hydrogen (secondary N) is 1.